The van der Waals surface area contributed by atoms with Crippen LogP contribution in [0, 0.1) is 21.8 Å². The number of benzene rings is 1. The molecule has 2 fully saturated rings. The van der Waals surface area contributed by atoms with Gasteiger partial charge in [0.25, 0.3) is 5.69 Å². The van der Waals surface area contributed by atoms with E-state index in [1.165, 1.54) is 0 Å². The van der Waals surface area contributed by atoms with Gasteiger partial charge in [0.15, 0.2) is 5.82 Å². The summed E-state index contributed by atoms with van der Waals surface area (Å²) in [6, 6.07) is 2.79. The van der Waals surface area contributed by atoms with Gasteiger partial charge in [0.1, 0.15) is 5.69 Å². The smallest absolute Gasteiger partial charge is 0.295 e. The maximum absolute atomic E-state index is 14.5. The second kappa shape index (κ2) is 6.70. The van der Waals surface area contributed by atoms with Gasteiger partial charge in [-0.15, -0.1) is 0 Å². The van der Waals surface area contributed by atoms with Crippen molar-refractivity contribution >= 4 is 17.1 Å². The molecule has 2 aliphatic rings. The lowest BCUT2D eigenvalue weighted by Gasteiger charge is -2.33. The van der Waals surface area contributed by atoms with Crippen LogP contribution in [0.4, 0.5) is 21.5 Å². The van der Waals surface area contributed by atoms with Gasteiger partial charge in [0.05, 0.1) is 42.9 Å². The summed E-state index contributed by atoms with van der Waals surface area (Å²) in [7, 11) is 0. The number of nitrogens with zero attached hydrogens (tertiary/aromatic N) is 3. The molecule has 0 bridgehead atoms. The minimum Gasteiger partial charge on any atom is -0.369 e. The first-order valence-electron chi connectivity index (χ1n) is 8.35. The molecule has 0 aliphatic carbocycles. The fourth-order valence-corrected chi connectivity index (χ4v) is 3.42. The van der Waals surface area contributed by atoms with Crippen LogP contribution in [0.15, 0.2) is 12.1 Å². The first-order chi connectivity index (χ1) is 11.1. The van der Waals surface area contributed by atoms with Gasteiger partial charge >= 0.3 is 0 Å². The predicted octanol–water partition coefficient (Wildman–Crippen LogP) is 1.35. The zero-order chi connectivity index (χ0) is 16.4. The van der Waals surface area contributed by atoms with Crippen LogP contribution in [-0.4, -0.2) is 44.2 Å². The molecular formula is C16H24FN4O2+. The summed E-state index contributed by atoms with van der Waals surface area (Å²) in [4.78, 5) is 14.9. The average Bonchev–Trinajstić information content (AvgIpc) is 2.56. The van der Waals surface area contributed by atoms with Crippen molar-refractivity contribution in [1.82, 2.24) is 0 Å². The van der Waals surface area contributed by atoms with E-state index >= 15 is 0 Å². The van der Waals surface area contributed by atoms with E-state index in [1.807, 2.05) is 9.80 Å². The van der Waals surface area contributed by atoms with Crippen molar-refractivity contribution < 1.29 is 14.6 Å². The Labute approximate surface area is 135 Å². The Morgan fingerprint density at radius 3 is 2.35 bits per heavy atom. The highest BCUT2D eigenvalue weighted by molar-refractivity contribution is 5.71. The number of piperidine rings is 1. The molecule has 2 heterocycles. The van der Waals surface area contributed by atoms with E-state index in [9.17, 15) is 14.5 Å². The molecule has 6 nitrogen and oxygen atoms in total. The Balaban J connectivity index is 1.95. The number of rotatable bonds is 3. The Morgan fingerprint density at radius 1 is 1.13 bits per heavy atom. The minimum absolute atomic E-state index is 0.126. The fraction of sp³-hybridized carbons (Fsp3) is 0.625. The van der Waals surface area contributed by atoms with Gasteiger partial charge in [0.2, 0.25) is 0 Å². The number of nitro benzene ring substituents is 1. The second-order valence-electron chi connectivity index (χ2n) is 6.57. The summed E-state index contributed by atoms with van der Waals surface area (Å²) in [6.45, 7) is 7.15. The lowest BCUT2D eigenvalue weighted by atomic mass is 9.98. The van der Waals surface area contributed by atoms with Crippen LogP contribution >= 0.6 is 0 Å². The number of anilines is 2. The molecule has 0 radical (unpaired) electrons. The van der Waals surface area contributed by atoms with Crippen molar-refractivity contribution in [3.8, 4) is 0 Å². The zero-order valence-electron chi connectivity index (χ0n) is 13.5. The van der Waals surface area contributed by atoms with E-state index in [0.29, 0.717) is 17.3 Å². The molecule has 2 N–H and O–H groups in total. The van der Waals surface area contributed by atoms with E-state index < -0.39 is 10.7 Å². The molecule has 23 heavy (non-hydrogen) atoms. The molecule has 2 aliphatic heterocycles. The molecule has 1 aromatic carbocycles. The van der Waals surface area contributed by atoms with Gasteiger partial charge in [-0.3, -0.25) is 10.1 Å². The topological polar surface area (TPSA) is 66.2 Å². The summed E-state index contributed by atoms with van der Waals surface area (Å²) in [5.41, 5.74) is 0.934. The van der Waals surface area contributed by atoms with Gasteiger partial charge in [0, 0.05) is 13.1 Å². The van der Waals surface area contributed by atoms with Crippen molar-refractivity contribution in [2.45, 2.75) is 19.8 Å². The molecule has 0 spiro atoms. The molecule has 1 aromatic rings. The summed E-state index contributed by atoms with van der Waals surface area (Å²) >= 11 is 0. The molecule has 3 rings (SSSR count). The average molecular weight is 323 g/mol. The van der Waals surface area contributed by atoms with Gasteiger partial charge in [-0.2, -0.15) is 0 Å². The highest BCUT2D eigenvalue weighted by Crippen LogP contribution is 2.36. The quantitative estimate of drug-likeness (QED) is 0.674. The lowest BCUT2D eigenvalue weighted by Crippen LogP contribution is -2.89. The molecule has 0 saturated carbocycles. The largest absolute Gasteiger partial charge is 0.369 e. The number of quaternary nitrogens is 1. The molecule has 0 atom stereocenters. The van der Waals surface area contributed by atoms with Crippen molar-refractivity contribution in [2.75, 3.05) is 49.1 Å². The van der Waals surface area contributed by atoms with Crippen LogP contribution < -0.4 is 15.1 Å². The summed E-state index contributed by atoms with van der Waals surface area (Å²) in [5, 5.41) is 13.5. The van der Waals surface area contributed by atoms with Crippen molar-refractivity contribution in [3.63, 3.8) is 0 Å². The van der Waals surface area contributed by atoms with Crippen LogP contribution in [0.1, 0.15) is 19.8 Å². The van der Waals surface area contributed by atoms with E-state index in [1.54, 1.807) is 6.07 Å². The standard InChI is InChI=1S/C16H23FN4O2/c1-12-2-6-19(7-3-12)14-11-15(20-8-4-18-5-9-20)16(21(22)23)10-13(14)17/h10-12,18H,2-9H2,1H3/p+1. The maximum Gasteiger partial charge on any atom is 0.295 e. The highest BCUT2D eigenvalue weighted by Gasteiger charge is 2.27. The minimum atomic E-state index is -0.487. The van der Waals surface area contributed by atoms with E-state index in [0.717, 1.165) is 58.2 Å². The molecule has 0 unspecified atom stereocenters. The Kier molecular flexibility index (Phi) is 4.66. The van der Waals surface area contributed by atoms with Crippen molar-refractivity contribution in [3.05, 3.63) is 28.1 Å². The maximum atomic E-state index is 14.5. The zero-order valence-corrected chi connectivity index (χ0v) is 13.5. The van der Waals surface area contributed by atoms with Crippen molar-refractivity contribution in [2.24, 2.45) is 5.92 Å². The third kappa shape index (κ3) is 3.39. The molecule has 0 amide bonds. The third-order valence-corrected chi connectivity index (χ3v) is 4.91. The normalized spacial score (nSPS) is 19.9. The first-order valence-corrected chi connectivity index (χ1v) is 8.35. The number of halogens is 1. The van der Waals surface area contributed by atoms with Gasteiger partial charge in [-0.1, -0.05) is 6.92 Å². The summed E-state index contributed by atoms with van der Waals surface area (Å²) in [5.74, 6) is 0.169. The van der Waals surface area contributed by atoms with Crippen LogP contribution in [0.3, 0.4) is 0 Å². The monoisotopic (exact) mass is 323 g/mol. The van der Waals surface area contributed by atoms with E-state index in [2.05, 4.69) is 12.2 Å². The molecule has 0 aromatic heterocycles. The molecule has 2 saturated heterocycles. The van der Waals surface area contributed by atoms with Crippen LogP contribution in [0.5, 0.6) is 0 Å². The Hall–Kier alpha value is -1.89. The Bertz CT molecular complexity index is 582. The van der Waals surface area contributed by atoms with Crippen LogP contribution in [0.25, 0.3) is 0 Å². The lowest BCUT2D eigenvalue weighted by molar-refractivity contribution is -0.655. The SMILES string of the molecule is CC1CCN(c2cc(N3CC[NH2+]CC3)c([N+](=O)[O-])cc2F)CC1. The van der Waals surface area contributed by atoms with Crippen LogP contribution in [0.2, 0.25) is 0 Å². The van der Waals surface area contributed by atoms with E-state index in [4.69, 9.17) is 0 Å². The van der Waals surface area contributed by atoms with Crippen LogP contribution in [-0.2, 0) is 0 Å². The number of hydrogen-bond acceptors (Lipinski definition) is 4. The summed E-state index contributed by atoms with van der Waals surface area (Å²) in [6.07, 6.45) is 2.06. The first kappa shape index (κ1) is 16.0. The number of nitro groups is 1. The second-order valence-corrected chi connectivity index (χ2v) is 6.57. The van der Waals surface area contributed by atoms with Gasteiger partial charge in [-0.05, 0) is 24.8 Å². The fourth-order valence-electron chi connectivity index (χ4n) is 3.42. The molecule has 7 heteroatoms. The highest BCUT2D eigenvalue weighted by atomic mass is 19.1. The van der Waals surface area contributed by atoms with Crippen molar-refractivity contribution in [1.29, 1.82) is 0 Å². The number of piperazine rings is 1. The van der Waals surface area contributed by atoms with E-state index in [-0.39, 0.29) is 5.69 Å². The third-order valence-electron chi connectivity index (χ3n) is 4.91. The molecule has 126 valence electrons. The number of hydrogen-bond donors (Lipinski definition) is 1. The van der Waals surface area contributed by atoms with Gasteiger partial charge in [-0.25, -0.2) is 4.39 Å². The molecular weight excluding hydrogens is 299 g/mol. The summed E-state index contributed by atoms with van der Waals surface area (Å²) < 4.78 is 14.5. The van der Waals surface area contributed by atoms with Gasteiger partial charge < -0.3 is 15.1 Å². The Morgan fingerprint density at radius 2 is 1.74 bits per heavy atom. The predicted molar refractivity (Wildman–Crippen MR) is 87.5 cm³/mol. The number of nitrogens with two attached hydrogens (primary N) is 1.